The summed E-state index contributed by atoms with van der Waals surface area (Å²) < 4.78 is 4.90. The molecule has 0 aromatic heterocycles. The second kappa shape index (κ2) is 9.12. The Kier molecular flexibility index (Phi) is 6.32. The molecule has 2 bridgehead atoms. The van der Waals surface area contributed by atoms with Crippen molar-refractivity contribution in [2.24, 2.45) is 0 Å². The minimum Gasteiger partial charge on any atom is -0.450 e. The molecule has 3 fully saturated rings. The molecule has 8 heteroatoms. The van der Waals surface area contributed by atoms with E-state index < -0.39 is 6.09 Å². The number of anilines is 2. The number of aliphatic hydroxyl groups excluding tert-OH is 1. The zero-order valence-corrected chi connectivity index (χ0v) is 17.5. The standard InChI is InChI=1S/C22H32N4O4/c1-2-30-22(29)24-15-5-7-17(8-6-15)25-11-3-4-16(14-25)23-21(28)26-18-9-10-19(26)13-20(27)12-18/h5-8,16,18-20,27H,2-4,9-14H2,1H3,(H,23,28)(H,24,29)/t16-,18?,19?,20?/m0/s1. The first-order valence-electron chi connectivity index (χ1n) is 11.1. The number of hydrogen-bond acceptors (Lipinski definition) is 5. The molecular weight excluding hydrogens is 384 g/mol. The van der Waals surface area contributed by atoms with Gasteiger partial charge in [-0.15, -0.1) is 0 Å². The van der Waals surface area contributed by atoms with Crippen LogP contribution in [0.3, 0.4) is 0 Å². The van der Waals surface area contributed by atoms with Crippen LogP contribution in [0.5, 0.6) is 0 Å². The van der Waals surface area contributed by atoms with Crippen molar-refractivity contribution in [3.05, 3.63) is 24.3 Å². The zero-order chi connectivity index (χ0) is 21.1. The van der Waals surface area contributed by atoms with Gasteiger partial charge in [0.1, 0.15) is 0 Å². The molecule has 0 radical (unpaired) electrons. The average molecular weight is 417 g/mol. The highest BCUT2D eigenvalue weighted by Gasteiger charge is 2.43. The van der Waals surface area contributed by atoms with Gasteiger partial charge in [0.05, 0.1) is 12.7 Å². The number of hydrogen-bond donors (Lipinski definition) is 3. The van der Waals surface area contributed by atoms with Gasteiger partial charge in [0, 0.05) is 42.6 Å². The maximum absolute atomic E-state index is 12.9. The van der Waals surface area contributed by atoms with Gasteiger partial charge in [-0.05, 0) is 69.7 Å². The molecule has 0 saturated carbocycles. The summed E-state index contributed by atoms with van der Waals surface area (Å²) in [5, 5.41) is 15.9. The lowest BCUT2D eigenvalue weighted by atomic mass is 10.00. The van der Waals surface area contributed by atoms with Crippen LogP contribution in [-0.4, -0.2) is 66.1 Å². The van der Waals surface area contributed by atoms with Crippen LogP contribution in [0.4, 0.5) is 21.0 Å². The van der Waals surface area contributed by atoms with Crippen molar-refractivity contribution in [3.8, 4) is 0 Å². The number of piperidine rings is 2. The summed E-state index contributed by atoms with van der Waals surface area (Å²) in [6.45, 7) is 3.82. The second-order valence-corrected chi connectivity index (χ2v) is 8.54. The van der Waals surface area contributed by atoms with E-state index in [1.807, 2.05) is 29.2 Å². The van der Waals surface area contributed by atoms with Gasteiger partial charge in [0.15, 0.2) is 0 Å². The lowest BCUT2D eigenvalue weighted by Crippen LogP contribution is -2.56. The number of nitrogens with one attached hydrogen (secondary N) is 2. The SMILES string of the molecule is CCOC(=O)Nc1ccc(N2CCC[C@H](NC(=O)N3C4CCC3CC(O)C4)C2)cc1. The highest BCUT2D eigenvalue weighted by atomic mass is 16.5. The lowest BCUT2D eigenvalue weighted by molar-refractivity contribution is 0.0533. The number of nitrogens with zero attached hydrogens (tertiary/aromatic N) is 2. The predicted molar refractivity (Wildman–Crippen MR) is 115 cm³/mol. The Hall–Kier alpha value is -2.48. The Balaban J connectivity index is 1.32. The van der Waals surface area contributed by atoms with Crippen LogP contribution in [0.25, 0.3) is 0 Å². The van der Waals surface area contributed by atoms with Crippen molar-refractivity contribution in [1.29, 1.82) is 0 Å². The van der Waals surface area contributed by atoms with E-state index in [4.69, 9.17) is 4.74 Å². The first-order valence-corrected chi connectivity index (χ1v) is 11.1. The Bertz CT molecular complexity index is 742. The van der Waals surface area contributed by atoms with Gasteiger partial charge in [0.2, 0.25) is 0 Å². The third-order valence-electron chi connectivity index (χ3n) is 6.45. The Labute approximate surface area is 177 Å². The molecule has 3 atom stereocenters. The number of amides is 3. The smallest absolute Gasteiger partial charge is 0.411 e. The number of fused-ring (bicyclic) bond motifs is 2. The summed E-state index contributed by atoms with van der Waals surface area (Å²) in [6.07, 6.45) is 4.66. The molecule has 3 aliphatic rings. The zero-order valence-electron chi connectivity index (χ0n) is 17.5. The first kappa shape index (κ1) is 20.8. The number of carbonyl (C=O) groups is 2. The maximum Gasteiger partial charge on any atom is 0.411 e. The summed E-state index contributed by atoms with van der Waals surface area (Å²) in [6, 6.07) is 8.19. The van der Waals surface area contributed by atoms with Gasteiger partial charge in [-0.3, -0.25) is 5.32 Å². The third kappa shape index (κ3) is 4.64. The van der Waals surface area contributed by atoms with E-state index in [-0.39, 0.29) is 30.3 Å². The Morgan fingerprint density at radius 2 is 1.83 bits per heavy atom. The lowest BCUT2D eigenvalue weighted by Gasteiger charge is -2.40. The number of benzene rings is 1. The molecule has 164 valence electrons. The van der Waals surface area contributed by atoms with Gasteiger partial charge < -0.3 is 25.0 Å². The molecule has 30 heavy (non-hydrogen) atoms. The van der Waals surface area contributed by atoms with Gasteiger partial charge in [-0.25, -0.2) is 9.59 Å². The maximum atomic E-state index is 12.9. The van der Waals surface area contributed by atoms with Crippen LogP contribution in [0.1, 0.15) is 45.4 Å². The summed E-state index contributed by atoms with van der Waals surface area (Å²) >= 11 is 0. The summed E-state index contributed by atoms with van der Waals surface area (Å²) in [4.78, 5) is 28.7. The number of carbonyl (C=O) groups excluding carboxylic acids is 2. The van der Waals surface area contributed by atoms with Crippen molar-refractivity contribution in [3.63, 3.8) is 0 Å². The largest absolute Gasteiger partial charge is 0.450 e. The van der Waals surface area contributed by atoms with Crippen LogP contribution in [0.15, 0.2) is 24.3 Å². The molecule has 4 rings (SSSR count). The van der Waals surface area contributed by atoms with E-state index in [1.165, 1.54) is 0 Å². The highest BCUT2D eigenvalue weighted by molar-refractivity contribution is 5.84. The van der Waals surface area contributed by atoms with Crippen molar-refractivity contribution < 1.29 is 19.4 Å². The molecular formula is C22H32N4O4. The fourth-order valence-corrected chi connectivity index (χ4v) is 5.10. The predicted octanol–water partition coefficient (Wildman–Crippen LogP) is 2.92. The van der Waals surface area contributed by atoms with E-state index in [9.17, 15) is 14.7 Å². The van der Waals surface area contributed by atoms with E-state index in [1.54, 1.807) is 6.92 Å². The molecule has 3 heterocycles. The van der Waals surface area contributed by atoms with Crippen LogP contribution in [0.2, 0.25) is 0 Å². The molecule has 3 aliphatic heterocycles. The van der Waals surface area contributed by atoms with Crippen LogP contribution in [0, 0.1) is 0 Å². The molecule has 3 saturated heterocycles. The summed E-state index contributed by atoms with van der Waals surface area (Å²) in [7, 11) is 0. The topological polar surface area (TPSA) is 94.1 Å². The number of aliphatic hydroxyl groups is 1. The third-order valence-corrected chi connectivity index (χ3v) is 6.45. The minimum atomic E-state index is -0.454. The van der Waals surface area contributed by atoms with E-state index in [0.29, 0.717) is 25.1 Å². The van der Waals surface area contributed by atoms with Crippen molar-refractivity contribution in [1.82, 2.24) is 10.2 Å². The fourth-order valence-electron chi connectivity index (χ4n) is 5.10. The van der Waals surface area contributed by atoms with Gasteiger partial charge >= 0.3 is 12.1 Å². The van der Waals surface area contributed by atoms with Gasteiger partial charge in [-0.2, -0.15) is 0 Å². The first-order chi connectivity index (χ1) is 14.5. The van der Waals surface area contributed by atoms with Crippen LogP contribution < -0.4 is 15.5 Å². The van der Waals surface area contributed by atoms with Gasteiger partial charge in [-0.1, -0.05) is 0 Å². The molecule has 0 aliphatic carbocycles. The average Bonchev–Trinajstić information content (AvgIpc) is 3.00. The Morgan fingerprint density at radius 1 is 1.13 bits per heavy atom. The van der Waals surface area contributed by atoms with E-state index in [0.717, 1.165) is 44.5 Å². The van der Waals surface area contributed by atoms with Crippen LogP contribution >= 0.6 is 0 Å². The van der Waals surface area contributed by atoms with E-state index >= 15 is 0 Å². The van der Waals surface area contributed by atoms with Crippen molar-refractivity contribution in [2.75, 3.05) is 29.9 Å². The molecule has 1 aromatic rings. The number of rotatable bonds is 4. The monoisotopic (exact) mass is 416 g/mol. The fraction of sp³-hybridized carbons (Fsp3) is 0.636. The van der Waals surface area contributed by atoms with Gasteiger partial charge in [0.25, 0.3) is 0 Å². The normalized spacial score (nSPS) is 28.2. The number of urea groups is 1. The van der Waals surface area contributed by atoms with Crippen LogP contribution in [-0.2, 0) is 4.74 Å². The second-order valence-electron chi connectivity index (χ2n) is 8.54. The summed E-state index contributed by atoms with van der Waals surface area (Å²) in [5.41, 5.74) is 1.77. The molecule has 0 spiro atoms. The molecule has 1 aromatic carbocycles. The van der Waals surface area contributed by atoms with Crippen molar-refractivity contribution in [2.45, 2.75) is 69.7 Å². The molecule has 8 nitrogen and oxygen atoms in total. The molecule has 3 N–H and O–H groups in total. The highest BCUT2D eigenvalue weighted by Crippen LogP contribution is 2.35. The Morgan fingerprint density at radius 3 is 2.50 bits per heavy atom. The number of ether oxygens (including phenoxy) is 1. The minimum absolute atomic E-state index is 0.0234. The van der Waals surface area contributed by atoms with Crippen molar-refractivity contribution >= 4 is 23.5 Å². The molecule has 3 amide bonds. The quantitative estimate of drug-likeness (QED) is 0.702. The molecule has 2 unspecified atom stereocenters. The van der Waals surface area contributed by atoms with E-state index in [2.05, 4.69) is 15.5 Å². The summed E-state index contributed by atoms with van der Waals surface area (Å²) in [5.74, 6) is 0.